The first-order chi connectivity index (χ1) is 9.81. The largest absolute Gasteiger partial charge is 0.315 e. The van der Waals surface area contributed by atoms with Crippen molar-refractivity contribution in [3.05, 3.63) is 30.7 Å². The number of aromatic nitrogens is 4. The maximum absolute atomic E-state index is 11.8. The Morgan fingerprint density at radius 1 is 1.50 bits per heavy atom. The van der Waals surface area contributed by atoms with Gasteiger partial charge in [-0.05, 0) is 19.0 Å². The third kappa shape index (κ3) is 3.05. The van der Waals surface area contributed by atoms with E-state index in [-0.39, 0.29) is 5.91 Å². The van der Waals surface area contributed by atoms with Gasteiger partial charge in [0.15, 0.2) is 5.82 Å². The molecule has 0 unspecified atom stereocenters. The lowest BCUT2D eigenvalue weighted by molar-refractivity contribution is -0.116. The predicted octanol–water partition coefficient (Wildman–Crippen LogP) is 0.643. The maximum atomic E-state index is 11.8. The number of carbonyl (C=O) groups excluding carboxylic acids is 1. The van der Waals surface area contributed by atoms with Crippen molar-refractivity contribution in [3.8, 4) is 0 Å². The molecule has 2 N–H and O–H groups in total. The summed E-state index contributed by atoms with van der Waals surface area (Å²) in [6, 6.07) is 4.07. The van der Waals surface area contributed by atoms with Gasteiger partial charge in [-0.25, -0.2) is 0 Å². The van der Waals surface area contributed by atoms with Crippen molar-refractivity contribution in [2.24, 2.45) is 0 Å². The number of nitrogens with zero attached hydrogens (tertiary/aromatic N) is 4. The van der Waals surface area contributed by atoms with E-state index in [1.807, 2.05) is 29.2 Å². The molecule has 1 aliphatic heterocycles. The van der Waals surface area contributed by atoms with Gasteiger partial charge in [-0.2, -0.15) is 10.2 Å². The maximum Gasteiger partial charge on any atom is 0.227 e. The van der Waals surface area contributed by atoms with Crippen molar-refractivity contribution in [3.63, 3.8) is 0 Å². The van der Waals surface area contributed by atoms with Gasteiger partial charge in [0.05, 0.1) is 6.04 Å². The molecule has 1 saturated heterocycles. The van der Waals surface area contributed by atoms with Gasteiger partial charge in [-0.15, -0.1) is 0 Å². The number of aryl methyl sites for hydroxylation is 1. The highest BCUT2D eigenvalue weighted by atomic mass is 16.1. The lowest BCUT2D eigenvalue weighted by Gasteiger charge is -2.08. The lowest BCUT2D eigenvalue weighted by atomic mass is 10.3. The Balaban J connectivity index is 1.50. The van der Waals surface area contributed by atoms with E-state index in [0.717, 1.165) is 19.5 Å². The van der Waals surface area contributed by atoms with E-state index in [4.69, 9.17) is 0 Å². The van der Waals surface area contributed by atoms with Gasteiger partial charge in [0.25, 0.3) is 0 Å². The second kappa shape index (κ2) is 5.87. The van der Waals surface area contributed by atoms with Crippen LogP contribution in [0.5, 0.6) is 0 Å². The SMILES string of the molecule is O=C(CCn1cccn1)Nc1ccn([C@@H]2CCNC2)n1. The Hall–Kier alpha value is -2.15. The van der Waals surface area contributed by atoms with Crippen LogP contribution in [0.25, 0.3) is 0 Å². The molecule has 2 aromatic rings. The summed E-state index contributed by atoms with van der Waals surface area (Å²) in [4.78, 5) is 11.8. The monoisotopic (exact) mass is 274 g/mol. The molecule has 0 spiro atoms. The number of anilines is 1. The molecule has 1 amide bonds. The molecule has 7 nitrogen and oxygen atoms in total. The van der Waals surface area contributed by atoms with Crippen LogP contribution in [0.15, 0.2) is 30.7 Å². The smallest absolute Gasteiger partial charge is 0.227 e. The summed E-state index contributed by atoms with van der Waals surface area (Å²) in [5, 5.41) is 14.6. The van der Waals surface area contributed by atoms with E-state index in [0.29, 0.717) is 24.8 Å². The van der Waals surface area contributed by atoms with Crippen LogP contribution in [0, 0.1) is 0 Å². The molecular weight excluding hydrogens is 256 g/mol. The molecule has 0 aromatic carbocycles. The molecule has 3 heterocycles. The number of rotatable bonds is 5. The second-order valence-corrected chi connectivity index (χ2v) is 4.89. The molecule has 106 valence electrons. The fraction of sp³-hybridized carbons (Fsp3) is 0.462. The first kappa shape index (κ1) is 12.9. The van der Waals surface area contributed by atoms with Crippen molar-refractivity contribution in [1.29, 1.82) is 0 Å². The van der Waals surface area contributed by atoms with Gasteiger partial charge < -0.3 is 10.6 Å². The highest BCUT2D eigenvalue weighted by Crippen LogP contribution is 2.15. The first-order valence-electron chi connectivity index (χ1n) is 6.84. The lowest BCUT2D eigenvalue weighted by Crippen LogP contribution is -2.16. The minimum atomic E-state index is -0.0460. The average Bonchev–Trinajstić information content (AvgIpc) is 3.18. The molecule has 20 heavy (non-hydrogen) atoms. The van der Waals surface area contributed by atoms with Crippen molar-refractivity contribution >= 4 is 11.7 Å². The Morgan fingerprint density at radius 3 is 3.20 bits per heavy atom. The molecule has 3 rings (SSSR count). The van der Waals surface area contributed by atoms with Gasteiger partial charge in [0, 0.05) is 44.2 Å². The van der Waals surface area contributed by atoms with Gasteiger partial charge in [0.2, 0.25) is 5.91 Å². The predicted molar refractivity (Wildman–Crippen MR) is 74.2 cm³/mol. The third-order valence-electron chi connectivity index (χ3n) is 3.41. The zero-order valence-electron chi connectivity index (χ0n) is 11.2. The van der Waals surface area contributed by atoms with Gasteiger partial charge in [0.1, 0.15) is 0 Å². The van der Waals surface area contributed by atoms with E-state index in [1.165, 1.54) is 0 Å². The van der Waals surface area contributed by atoms with Crippen LogP contribution in [0.4, 0.5) is 5.82 Å². The fourth-order valence-electron chi connectivity index (χ4n) is 2.33. The van der Waals surface area contributed by atoms with Crippen LogP contribution < -0.4 is 10.6 Å². The molecule has 2 aromatic heterocycles. The Kier molecular flexibility index (Phi) is 3.78. The molecule has 0 aliphatic carbocycles. The highest BCUT2D eigenvalue weighted by molar-refractivity contribution is 5.89. The summed E-state index contributed by atoms with van der Waals surface area (Å²) in [6.45, 7) is 2.54. The summed E-state index contributed by atoms with van der Waals surface area (Å²) in [5.41, 5.74) is 0. The van der Waals surface area contributed by atoms with E-state index in [2.05, 4.69) is 20.8 Å². The topological polar surface area (TPSA) is 76.8 Å². The summed E-state index contributed by atoms with van der Waals surface area (Å²) in [5.74, 6) is 0.567. The number of amides is 1. The van der Waals surface area contributed by atoms with Crippen LogP contribution in [0.3, 0.4) is 0 Å². The number of hydrogen-bond donors (Lipinski definition) is 2. The van der Waals surface area contributed by atoms with Crippen LogP contribution in [-0.4, -0.2) is 38.6 Å². The van der Waals surface area contributed by atoms with Crippen LogP contribution >= 0.6 is 0 Å². The summed E-state index contributed by atoms with van der Waals surface area (Å²) >= 11 is 0. The van der Waals surface area contributed by atoms with Crippen molar-refractivity contribution in [2.75, 3.05) is 18.4 Å². The van der Waals surface area contributed by atoms with E-state index >= 15 is 0 Å². The zero-order valence-corrected chi connectivity index (χ0v) is 11.2. The zero-order chi connectivity index (χ0) is 13.8. The minimum Gasteiger partial charge on any atom is -0.315 e. The molecule has 1 fully saturated rings. The highest BCUT2D eigenvalue weighted by Gasteiger charge is 2.17. The third-order valence-corrected chi connectivity index (χ3v) is 3.41. The van der Waals surface area contributed by atoms with Gasteiger partial charge >= 0.3 is 0 Å². The molecule has 1 atom stereocenters. The van der Waals surface area contributed by atoms with Crippen LogP contribution in [-0.2, 0) is 11.3 Å². The normalized spacial score (nSPS) is 18.3. The molecular formula is C13H18N6O. The molecule has 7 heteroatoms. The number of carbonyl (C=O) groups is 1. The van der Waals surface area contributed by atoms with E-state index < -0.39 is 0 Å². The second-order valence-electron chi connectivity index (χ2n) is 4.89. The van der Waals surface area contributed by atoms with Crippen molar-refractivity contribution in [1.82, 2.24) is 24.9 Å². The summed E-state index contributed by atoms with van der Waals surface area (Å²) in [6.07, 6.45) is 6.93. The van der Waals surface area contributed by atoms with E-state index in [9.17, 15) is 4.79 Å². The molecule has 0 bridgehead atoms. The Bertz CT molecular complexity index is 555. The first-order valence-corrected chi connectivity index (χ1v) is 6.84. The average molecular weight is 274 g/mol. The minimum absolute atomic E-state index is 0.0460. The van der Waals surface area contributed by atoms with Crippen LogP contribution in [0.2, 0.25) is 0 Å². The fourth-order valence-corrected chi connectivity index (χ4v) is 2.33. The Labute approximate surface area is 117 Å². The Morgan fingerprint density at radius 2 is 2.45 bits per heavy atom. The van der Waals surface area contributed by atoms with Gasteiger partial charge in [-0.1, -0.05) is 0 Å². The molecule has 0 saturated carbocycles. The standard InChI is InChI=1S/C13H18N6O/c20-13(4-8-18-7-1-5-15-18)16-12-3-9-19(17-12)11-2-6-14-10-11/h1,3,5,7,9,11,14H,2,4,6,8,10H2,(H,16,17,20)/t11-/m1/s1. The number of hydrogen-bond acceptors (Lipinski definition) is 4. The quantitative estimate of drug-likeness (QED) is 0.839. The van der Waals surface area contributed by atoms with Crippen LogP contribution in [0.1, 0.15) is 18.9 Å². The van der Waals surface area contributed by atoms with Crippen molar-refractivity contribution < 1.29 is 4.79 Å². The van der Waals surface area contributed by atoms with Gasteiger partial charge in [-0.3, -0.25) is 14.2 Å². The van der Waals surface area contributed by atoms with E-state index in [1.54, 1.807) is 10.9 Å². The molecule has 0 radical (unpaired) electrons. The number of nitrogens with one attached hydrogen (secondary N) is 2. The van der Waals surface area contributed by atoms with Crippen molar-refractivity contribution in [2.45, 2.75) is 25.4 Å². The molecule has 1 aliphatic rings. The summed E-state index contributed by atoms with van der Waals surface area (Å²) < 4.78 is 3.66. The summed E-state index contributed by atoms with van der Waals surface area (Å²) in [7, 11) is 0.